The van der Waals surface area contributed by atoms with Crippen molar-refractivity contribution in [1.29, 1.82) is 0 Å². The van der Waals surface area contributed by atoms with Crippen LogP contribution in [0, 0.1) is 0 Å². The third-order valence-corrected chi connectivity index (χ3v) is 7.47. The molecule has 0 spiro atoms. The van der Waals surface area contributed by atoms with E-state index in [9.17, 15) is 4.79 Å². The summed E-state index contributed by atoms with van der Waals surface area (Å²) in [6.45, 7) is 2.59. The van der Waals surface area contributed by atoms with Crippen LogP contribution in [-0.4, -0.2) is 23.3 Å². The van der Waals surface area contributed by atoms with Gasteiger partial charge in [0.1, 0.15) is 17.2 Å². The van der Waals surface area contributed by atoms with E-state index < -0.39 is 12.2 Å². The number of hydrogen-bond acceptors (Lipinski definition) is 6. The van der Waals surface area contributed by atoms with Crippen LogP contribution < -0.4 is 14.2 Å². The molecule has 2 aliphatic heterocycles. The second-order valence-electron chi connectivity index (χ2n) is 9.22. The van der Waals surface area contributed by atoms with Crippen LogP contribution in [0.2, 0.25) is 5.02 Å². The van der Waals surface area contributed by atoms with Crippen molar-refractivity contribution < 1.29 is 19.0 Å². The predicted octanol–water partition coefficient (Wildman–Crippen LogP) is 7.96. The third kappa shape index (κ3) is 5.24. The second-order valence-corrected chi connectivity index (χ2v) is 10.6. The van der Waals surface area contributed by atoms with Crippen molar-refractivity contribution in [1.82, 2.24) is 5.01 Å². The Kier molecular flexibility index (Phi) is 7.02. The fraction of sp³-hybridized carbons (Fsp3) is 0.161. The number of carbonyl (C=O) groups excluding carboxylic acids is 1. The molecule has 2 atom stereocenters. The molecule has 8 heteroatoms. The van der Waals surface area contributed by atoms with Crippen molar-refractivity contribution in [3.8, 4) is 17.2 Å². The standard InChI is InChI=1S/C31H24BrClN2O4/c1-2-37-24-12-5-19(6-13-24)27-18-28-26-17-23(33)11-16-29(26)39-30(35(28)34-27)20-7-14-25(15-8-20)38-31(36)21-3-9-22(32)10-4-21/h3-17,28,30H,2,18H2,1H3/t28-,30-/m0/s1. The van der Waals surface area contributed by atoms with Crippen molar-refractivity contribution in [3.63, 3.8) is 0 Å². The van der Waals surface area contributed by atoms with Gasteiger partial charge in [-0.3, -0.25) is 0 Å². The maximum atomic E-state index is 12.5. The first-order chi connectivity index (χ1) is 19.0. The molecule has 0 N–H and O–H groups in total. The zero-order valence-electron chi connectivity index (χ0n) is 21.0. The second kappa shape index (κ2) is 10.8. The van der Waals surface area contributed by atoms with E-state index in [2.05, 4.69) is 15.9 Å². The Labute approximate surface area is 239 Å². The maximum Gasteiger partial charge on any atom is 0.343 e. The van der Waals surface area contributed by atoms with Crippen molar-refractivity contribution in [2.45, 2.75) is 25.6 Å². The van der Waals surface area contributed by atoms with Crippen LogP contribution in [0.3, 0.4) is 0 Å². The smallest absolute Gasteiger partial charge is 0.343 e. The molecule has 6 rings (SSSR count). The minimum atomic E-state index is -0.458. The first-order valence-electron chi connectivity index (χ1n) is 12.6. The molecule has 0 radical (unpaired) electrons. The minimum absolute atomic E-state index is 0.0334. The van der Waals surface area contributed by atoms with Gasteiger partial charge in [0, 0.05) is 27.0 Å². The van der Waals surface area contributed by atoms with Gasteiger partial charge < -0.3 is 14.2 Å². The van der Waals surface area contributed by atoms with E-state index in [1.54, 1.807) is 36.4 Å². The van der Waals surface area contributed by atoms with Crippen LogP contribution in [-0.2, 0) is 0 Å². The van der Waals surface area contributed by atoms with Crippen LogP contribution >= 0.6 is 27.5 Å². The number of esters is 1. The Hall–Kier alpha value is -3.81. The van der Waals surface area contributed by atoms with Gasteiger partial charge in [-0.05, 0) is 103 Å². The number of nitrogens with zero attached hydrogens (tertiary/aromatic N) is 2. The Morgan fingerprint density at radius 2 is 1.72 bits per heavy atom. The quantitative estimate of drug-likeness (QED) is 0.165. The summed E-state index contributed by atoms with van der Waals surface area (Å²) in [5.74, 6) is 1.64. The van der Waals surface area contributed by atoms with E-state index in [0.29, 0.717) is 29.4 Å². The van der Waals surface area contributed by atoms with Gasteiger partial charge in [-0.25, -0.2) is 9.80 Å². The molecule has 6 nitrogen and oxygen atoms in total. The molecule has 39 heavy (non-hydrogen) atoms. The van der Waals surface area contributed by atoms with Crippen LogP contribution in [0.25, 0.3) is 0 Å². The Morgan fingerprint density at radius 3 is 2.44 bits per heavy atom. The Balaban J connectivity index is 1.28. The SMILES string of the molecule is CCOc1ccc(C2=NN3[C@@H](C2)c2cc(Cl)ccc2O[C@H]3c2ccc(OC(=O)c3ccc(Br)cc3)cc2)cc1. The van der Waals surface area contributed by atoms with E-state index in [-0.39, 0.29) is 6.04 Å². The average molecular weight is 604 g/mol. The number of hydrazone groups is 1. The number of fused-ring (bicyclic) bond motifs is 3. The number of rotatable bonds is 6. The number of ether oxygens (including phenoxy) is 3. The van der Waals surface area contributed by atoms with E-state index in [4.69, 9.17) is 30.9 Å². The molecule has 0 amide bonds. The predicted molar refractivity (Wildman–Crippen MR) is 154 cm³/mol. The Morgan fingerprint density at radius 1 is 1.00 bits per heavy atom. The summed E-state index contributed by atoms with van der Waals surface area (Å²) in [5.41, 5.74) is 4.36. The van der Waals surface area contributed by atoms with Gasteiger partial charge in [-0.15, -0.1) is 0 Å². The van der Waals surface area contributed by atoms with Gasteiger partial charge in [-0.2, -0.15) is 5.10 Å². The molecular weight excluding hydrogens is 580 g/mol. The zero-order chi connectivity index (χ0) is 26.9. The molecule has 4 aromatic rings. The normalized spacial score (nSPS) is 17.5. The molecule has 196 valence electrons. The number of benzene rings is 4. The average Bonchev–Trinajstić information content (AvgIpc) is 3.40. The van der Waals surface area contributed by atoms with E-state index in [1.165, 1.54) is 0 Å². The van der Waals surface area contributed by atoms with Crippen molar-refractivity contribution >= 4 is 39.2 Å². The van der Waals surface area contributed by atoms with Gasteiger partial charge in [-0.1, -0.05) is 27.5 Å². The first-order valence-corrected chi connectivity index (χ1v) is 13.8. The van der Waals surface area contributed by atoms with E-state index >= 15 is 0 Å². The van der Waals surface area contributed by atoms with Crippen LogP contribution in [0.15, 0.2) is 101 Å². The molecule has 0 aliphatic carbocycles. The maximum absolute atomic E-state index is 12.5. The summed E-state index contributed by atoms with van der Waals surface area (Å²) in [6.07, 6.45) is 0.254. The van der Waals surface area contributed by atoms with Gasteiger partial charge in [0.2, 0.25) is 6.23 Å². The lowest BCUT2D eigenvalue weighted by Gasteiger charge is -2.38. The van der Waals surface area contributed by atoms with Crippen molar-refractivity contribution in [3.05, 3.63) is 123 Å². The molecule has 0 fully saturated rings. The zero-order valence-corrected chi connectivity index (χ0v) is 23.4. The molecule has 0 bridgehead atoms. The fourth-order valence-corrected chi connectivity index (χ4v) is 5.26. The summed E-state index contributed by atoms with van der Waals surface area (Å²) < 4.78 is 18.5. The summed E-state index contributed by atoms with van der Waals surface area (Å²) in [7, 11) is 0. The lowest BCUT2D eigenvalue weighted by atomic mass is 9.96. The Bertz CT molecular complexity index is 1540. The molecule has 2 heterocycles. The topological polar surface area (TPSA) is 60.4 Å². The lowest BCUT2D eigenvalue weighted by Crippen LogP contribution is -2.33. The van der Waals surface area contributed by atoms with Crippen LogP contribution in [0.1, 0.15) is 52.7 Å². The highest BCUT2D eigenvalue weighted by Gasteiger charge is 2.41. The molecular formula is C31H24BrClN2O4. The highest BCUT2D eigenvalue weighted by Crippen LogP contribution is 2.48. The summed E-state index contributed by atoms with van der Waals surface area (Å²) >= 11 is 9.74. The summed E-state index contributed by atoms with van der Waals surface area (Å²) in [6, 6.07) is 28.0. The molecule has 0 saturated heterocycles. The van der Waals surface area contributed by atoms with Gasteiger partial charge in [0.05, 0.1) is 23.9 Å². The van der Waals surface area contributed by atoms with Crippen LogP contribution in [0.5, 0.6) is 17.2 Å². The first kappa shape index (κ1) is 25.5. The van der Waals surface area contributed by atoms with E-state index in [1.807, 2.05) is 66.5 Å². The van der Waals surface area contributed by atoms with Crippen molar-refractivity contribution in [2.24, 2.45) is 5.10 Å². The minimum Gasteiger partial charge on any atom is -0.494 e. The molecule has 0 saturated carbocycles. The van der Waals surface area contributed by atoms with Gasteiger partial charge in [0.15, 0.2) is 0 Å². The van der Waals surface area contributed by atoms with Gasteiger partial charge in [0.25, 0.3) is 0 Å². The lowest BCUT2D eigenvalue weighted by molar-refractivity contribution is -0.0190. The van der Waals surface area contributed by atoms with Crippen LogP contribution in [0.4, 0.5) is 0 Å². The molecule has 0 unspecified atom stereocenters. The fourth-order valence-electron chi connectivity index (χ4n) is 4.82. The number of halogens is 2. The third-order valence-electron chi connectivity index (χ3n) is 6.71. The number of carbonyl (C=O) groups is 1. The van der Waals surface area contributed by atoms with E-state index in [0.717, 1.165) is 38.4 Å². The van der Waals surface area contributed by atoms with Gasteiger partial charge >= 0.3 is 5.97 Å². The molecule has 0 aromatic heterocycles. The highest BCUT2D eigenvalue weighted by atomic mass is 79.9. The molecule has 2 aliphatic rings. The van der Waals surface area contributed by atoms with Crippen molar-refractivity contribution in [2.75, 3.05) is 6.61 Å². The summed E-state index contributed by atoms with van der Waals surface area (Å²) in [4.78, 5) is 12.5. The monoisotopic (exact) mass is 602 g/mol. The number of hydrogen-bond donors (Lipinski definition) is 0. The molecule has 4 aromatic carbocycles. The largest absolute Gasteiger partial charge is 0.494 e. The summed E-state index contributed by atoms with van der Waals surface area (Å²) in [5, 5.41) is 7.66. The highest BCUT2D eigenvalue weighted by molar-refractivity contribution is 9.10.